The van der Waals surface area contributed by atoms with Gasteiger partial charge in [-0.3, -0.25) is 4.79 Å². The number of carbonyl (C=O) groups is 1. The molecule has 0 amide bonds. The Labute approximate surface area is 142 Å². The fourth-order valence-corrected chi connectivity index (χ4v) is 2.90. The Morgan fingerprint density at radius 1 is 1.04 bits per heavy atom. The zero-order valence-electron chi connectivity index (χ0n) is 12.3. The van der Waals surface area contributed by atoms with Crippen LogP contribution < -0.4 is 10.5 Å². The molecular weight excluding hydrogens is 354 g/mol. The van der Waals surface area contributed by atoms with E-state index in [4.69, 9.17) is 10.5 Å². The molecule has 114 valence electrons. The maximum absolute atomic E-state index is 11.3. The van der Waals surface area contributed by atoms with Crippen LogP contribution in [0.4, 0.5) is 5.69 Å². The van der Waals surface area contributed by atoms with Gasteiger partial charge in [0.25, 0.3) is 0 Å². The highest BCUT2D eigenvalue weighted by atomic mass is 79.9. The molecule has 0 fully saturated rings. The highest BCUT2D eigenvalue weighted by molar-refractivity contribution is 9.10. The van der Waals surface area contributed by atoms with Crippen molar-refractivity contribution in [2.24, 2.45) is 0 Å². The number of carbonyl (C=O) groups excluding carboxylic acids is 1. The molecule has 3 aromatic carbocycles. The summed E-state index contributed by atoms with van der Waals surface area (Å²) < 4.78 is 6.87. The minimum absolute atomic E-state index is 0.534. The average Bonchev–Trinajstić information content (AvgIpc) is 2.57. The average molecular weight is 368 g/mol. The van der Waals surface area contributed by atoms with Crippen LogP contribution in [0.1, 0.15) is 15.9 Å². The molecule has 0 aliphatic carbocycles. The van der Waals surface area contributed by atoms with Crippen molar-refractivity contribution in [2.75, 3.05) is 5.73 Å². The van der Waals surface area contributed by atoms with Crippen LogP contribution in [0.15, 0.2) is 59.6 Å². The number of hydrogen-bond acceptors (Lipinski definition) is 3. The number of nitrogen functional groups attached to an aromatic ring is 1. The zero-order chi connectivity index (χ0) is 16.4. The first-order valence-corrected chi connectivity index (χ1v) is 7.79. The van der Waals surface area contributed by atoms with Crippen LogP contribution in [-0.2, 0) is 0 Å². The number of fused-ring (bicyclic) bond motifs is 1. The van der Waals surface area contributed by atoms with Crippen molar-refractivity contribution in [3.63, 3.8) is 0 Å². The standard InChI is InChI=1S/C19H14BrNO2/c1-2-12-4-3-5-15-17(8-6-13(11-22)19(12)15)23-18-9-7-14(20)10-16(18)21/h2-11H,1,21H2. The first-order valence-electron chi connectivity index (χ1n) is 7.00. The summed E-state index contributed by atoms with van der Waals surface area (Å²) in [4.78, 5) is 11.3. The third-order valence-corrected chi connectivity index (χ3v) is 4.10. The summed E-state index contributed by atoms with van der Waals surface area (Å²) in [6, 6.07) is 14.7. The molecule has 0 radical (unpaired) electrons. The molecule has 0 saturated carbocycles. The molecule has 0 aromatic heterocycles. The van der Waals surface area contributed by atoms with Crippen molar-refractivity contribution in [1.82, 2.24) is 0 Å². The van der Waals surface area contributed by atoms with Gasteiger partial charge in [-0.15, -0.1) is 0 Å². The largest absolute Gasteiger partial charge is 0.455 e. The first-order chi connectivity index (χ1) is 11.1. The van der Waals surface area contributed by atoms with Crippen molar-refractivity contribution >= 4 is 44.8 Å². The van der Waals surface area contributed by atoms with E-state index in [-0.39, 0.29) is 0 Å². The first kappa shape index (κ1) is 15.3. The van der Waals surface area contributed by atoms with Gasteiger partial charge in [-0.05, 0) is 35.9 Å². The van der Waals surface area contributed by atoms with E-state index >= 15 is 0 Å². The molecule has 3 rings (SSSR count). The lowest BCUT2D eigenvalue weighted by molar-refractivity contribution is 0.112. The molecule has 0 aliphatic rings. The van der Waals surface area contributed by atoms with Gasteiger partial charge in [-0.25, -0.2) is 0 Å². The Kier molecular flexibility index (Phi) is 4.17. The lowest BCUT2D eigenvalue weighted by atomic mass is 9.99. The van der Waals surface area contributed by atoms with E-state index in [0.29, 0.717) is 22.7 Å². The number of benzene rings is 3. The van der Waals surface area contributed by atoms with Crippen LogP contribution in [0, 0.1) is 0 Å². The lowest BCUT2D eigenvalue weighted by Gasteiger charge is -2.13. The second-order valence-electron chi connectivity index (χ2n) is 5.03. The highest BCUT2D eigenvalue weighted by Crippen LogP contribution is 2.36. The number of aldehydes is 1. The Hall–Kier alpha value is -2.59. The Morgan fingerprint density at radius 3 is 2.52 bits per heavy atom. The Bertz CT molecular complexity index is 904. The summed E-state index contributed by atoms with van der Waals surface area (Å²) in [5.74, 6) is 1.21. The van der Waals surface area contributed by atoms with Crippen molar-refractivity contribution in [3.05, 3.63) is 70.7 Å². The van der Waals surface area contributed by atoms with E-state index in [2.05, 4.69) is 22.5 Å². The van der Waals surface area contributed by atoms with Crippen LogP contribution >= 0.6 is 15.9 Å². The third kappa shape index (κ3) is 2.85. The molecule has 0 spiro atoms. The lowest BCUT2D eigenvalue weighted by Crippen LogP contribution is -1.94. The van der Waals surface area contributed by atoms with Crippen molar-refractivity contribution < 1.29 is 9.53 Å². The molecule has 0 aliphatic heterocycles. The van der Waals surface area contributed by atoms with Crippen LogP contribution in [0.2, 0.25) is 0 Å². The van der Waals surface area contributed by atoms with E-state index in [1.807, 2.05) is 24.3 Å². The number of anilines is 1. The molecule has 0 unspecified atom stereocenters. The Morgan fingerprint density at radius 2 is 1.83 bits per heavy atom. The molecule has 0 atom stereocenters. The summed E-state index contributed by atoms with van der Waals surface area (Å²) in [6.45, 7) is 3.81. The normalized spacial score (nSPS) is 10.5. The number of ether oxygens (including phenoxy) is 1. The second-order valence-corrected chi connectivity index (χ2v) is 5.94. The zero-order valence-corrected chi connectivity index (χ0v) is 13.8. The van der Waals surface area contributed by atoms with E-state index in [1.165, 1.54) is 0 Å². The fourth-order valence-electron chi connectivity index (χ4n) is 2.52. The van der Waals surface area contributed by atoms with Gasteiger partial charge in [0.15, 0.2) is 6.29 Å². The number of hydrogen-bond donors (Lipinski definition) is 1. The molecule has 0 bridgehead atoms. The van der Waals surface area contributed by atoms with Gasteiger partial charge in [0, 0.05) is 20.8 Å². The molecule has 0 saturated heterocycles. The Balaban J connectivity index is 2.19. The third-order valence-electron chi connectivity index (χ3n) is 3.60. The van der Waals surface area contributed by atoms with E-state index in [9.17, 15) is 4.79 Å². The van der Waals surface area contributed by atoms with E-state index in [0.717, 1.165) is 27.1 Å². The molecule has 23 heavy (non-hydrogen) atoms. The minimum atomic E-state index is 0.534. The SMILES string of the molecule is C=Cc1cccc2c(Oc3ccc(Br)cc3N)ccc(C=O)c12. The monoisotopic (exact) mass is 367 g/mol. The highest BCUT2D eigenvalue weighted by Gasteiger charge is 2.11. The topological polar surface area (TPSA) is 52.3 Å². The smallest absolute Gasteiger partial charge is 0.150 e. The summed E-state index contributed by atoms with van der Waals surface area (Å²) in [5, 5.41) is 1.67. The van der Waals surface area contributed by atoms with Crippen molar-refractivity contribution in [3.8, 4) is 11.5 Å². The summed E-state index contributed by atoms with van der Waals surface area (Å²) in [5.41, 5.74) is 8.02. The van der Waals surface area contributed by atoms with Gasteiger partial charge in [-0.2, -0.15) is 0 Å². The molecule has 3 nitrogen and oxygen atoms in total. The predicted molar refractivity (Wildman–Crippen MR) is 98.1 cm³/mol. The van der Waals surface area contributed by atoms with Gasteiger partial charge in [0.2, 0.25) is 0 Å². The van der Waals surface area contributed by atoms with Gasteiger partial charge >= 0.3 is 0 Å². The quantitative estimate of drug-likeness (QED) is 0.493. The molecular formula is C19H14BrNO2. The van der Waals surface area contributed by atoms with Crippen LogP contribution in [0.5, 0.6) is 11.5 Å². The van der Waals surface area contributed by atoms with Gasteiger partial charge in [0.1, 0.15) is 11.5 Å². The van der Waals surface area contributed by atoms with Crippen LogP contribution in [0.25, 0.3) is 16.8 Å². The fraction of sp³-hybridized carbons (Fsp3) is 0. The second kappa shape index (κ2) is 6.26. The van der Waals surface area contributed by atoms with Gasteiger partial charge in [-0.1, -0.05) is 46.8 Å². The van der Waals surface area contributed by atoms with E-state index < -0.39 is 0 Å². The molecule has 4 heteroatoms. The van der Waals surface area contributed by atoms with Gasteiger partial charge < -0.3 is 10.5 Å². The van der Waals surface area contributed by atoms with Crippen LogP contribution in [-0.4, -0.2) is 6.29 Å². The maximum Gasteiger partial charge on any atom is 0.150 e. The minimum Gasteiger partial charge on any atom is -0.455 e. The molecule has 0 heterocycles. The van der Waals surface area contributed by atoms with Crippen molar-refractivity contribution in [1.29, 1.82) is 0 Å². The maximum atomic E-state index is 11.3. The van der Waals surface area contributed by atoms with Gasteiger partial charge in [0.05, 0.1) is 5.69 Å². The summed E-state index contributed by atoms with van der Waals surface area (Å²) >= 11 is 3.37. The van der Waals surface area contributed by atoms with Crippen molar-refractivity contribution in [2.45, 2.75) is 0 Å². The number of nitrogens with two attached hydrogens (primary N) is 1. The number of halogens is 1. The van der Waals surface area contributed by atoms with E-state index in [1.54, 1.807) is 30.3 Å². The predicted octanol–water partition coefficient (Wildman–Crippen LogP) is 5.43. The number of rotatable bonds is 4. The van der Waals surface area contributed by atoms with Crippen LogP contribution in [0.3, 0.4) is 0 Å². The summed E-state index contributed by atoms with van der Waals surface area (Å²) in [6.07, 6.45) is 2.57. The molecule has 2 N–H and O–H groups in total. The molecule has 3 aromatic rings. The summed E-state index contributed by atoms with van der Waals surface area (Å²) in [7, 11) is 0.